The van der Waals surface area contributed by atoms with E-state index in [1.165, 1.54) is 30.6 Å². The summed E-state index contributed by atoms with van der Waals surface area (Å²) in [5.74, 6) is 0.670. The van der Waals surface area contributed by atoms with Crippen LogP contribution in [0.25, 0.3) is 0 Å². The summed E-state index contributed by atoms with van der Waals surface area (Å²) in [6.45, 7) is 2.01. The lowest BCUT2D eigenvalue weighted by atomic mass is 10.0. The molecule has 2 aliphatic rings. The first-order valence-corrected chi connectivity index (χ1v) is 7.15. The largest absolute Gasteiger partial charge is 0.366 e. The first-order chi connectivity index (χ1) is 8.20. The molecule has 17 heavy (non-hydrogen) atoms. The van der Waals surface area contributed by atoms with E-state index in [9.17, 15) is 4.79 Å². The molecule has 0 saturated heterocycles. The molecule has 0 bridgehead atoms. The molecule has 0 radical (unpaired) electrons. The Hall–Kier alpha value is -0.870. The van der Waals surface area contributed by atoms with Gasteiger partial charge in [-0.3, -0.25) is 4.79 Å². The zero-order valence-electron chi connectivity index (χ0n) is 9.87. The average molecular weight is 250 g/mol. The first kappa shape index (κ1) is 11.2. The maximum absolute atomic E-state index is 11.0. The van der Waals surface area contributed by atoms with E-state index in [-0.39, 0.29) is 5.91 Å². The fourth-order valence-electron chi connectivity index (χ4n) is 2.62. The van der Waals surface area contributed by atoms with E-state index in [0.717, 1.165) is 19.0 Å². The molecule has 0 unspecified atom stereocenters. The predicted molar refractivity (Wildman–Crippen MR) is 68.9 cm³/mol. The Kier molecular flexibility index (Phi) is 2.71. The summed E-state index contributed by atoms with van der Waals surface area (Å²) in [7, 11) is 0. The maximum atomic E-state index is 11.0. The van der Waals surface area contributed by atoms with Gasteiger partial charge in [-0.1, -0.05) is 0 Å². The van der Waals surface area contributed by atoms with Crippen LogP contribution in [0.2, 0.25) is 0 Å². The Morgan fingerprint density at radius 3 is 2.82 bits per heavy atom. The van der Waals surface area contributed by atoms with Gasteiger partial charge >= 0.3 is 0 Å². The standard InChI is InChI=1S/C13H18N2OS/c14-12(16)9-5-11(17-7-9)6-15-8-13(3-4-13)10-1-2-10/h5,7,10,15H,1-4,6,8H2,(H2,14,16). The van der Waals surface area contributed by atoms with Crippen LogP contribution < -0.4 is 11.1 Å². The molecule has 1 heterocycles. The fraction of sp³-hybridized carbons (Fsp3) is 0.615. The van der Waals surface area contributed by atoms with Crippen molar-refractivity contribution in [1.29, 1.82) is 0 Å². The van der Waals surface area contributed by atoms with Gasteiger partial charge in [0.15, 0.2) is 0 Å². The number of amides is 1. The predicted octanol–water partition coefficient (Wildman–Crippen LogP) is 2.13. The second-order valence-electron chi connectivity index (χ2n) is 5.41. The first-order valence-electron chi connectivity index (χ1n) is 6.28. The number of carbonyl (C=O) groups excluding carboxylic acids is 1. The lowest BCUT2D eigenvalue weighted by Gasteiger charge is -2.14. The number of primary amides is 1. The Morgan fingerprint density at radius 1 is 1.53 bits per heavy atom. The Balaban J connectivity index is 1.48. The smallest absolute Gasteiger partial charge is 0.249 e. The minimum Gasteiger partial charge on any atom is -0.366 e. The lowest BCUT2D eigenvalue weighted by Crippen LogP contribution is -2.24. The second-order valence-corrected chi connectivity index (χ2v) is 6.40. The van der Waals surface area contributed by atoms with Crippen LogP contribution >= 0.6 is 11.3 Å². The van der Waals surface area contributed by atoms with Gasteiger partial charge < -0.3 is 11.1 Å². The van der Waals surface area contributed by atoms with Crippen LogP contribution in [0.4, 0.5) is 0 Å². The van der Waals surface area contributed by atoms with Crippen molar-refractivity contribution in [2.45, 2.75) is 32.2 Å². The van der Waals surface area contributed by atoms with Gasteiger partial charge in [0.25, 0.3) is 0 Å². The molecule has 2 fully saturated rings. The summed E-state index contributed by atoms with van der Waals surface area (Å²) in [6.07, 6.45) is 5.68. The summed E-state index contributed by atoms with van der Waals surface area (Å²) < 4.78 is 0. The summed E-state index contributed by atoms with van der Waals surface area (Å²) in [5.41, 5.74) is 6.51. The molecule has 3 rings (SSSR count). The molecule has 0 atom stereocenters. The molecule has 92 valence electrons. The van der Waals surface area contributed by atoms with E-state index in [1.807, 2.05) is 11.4 Å². The average Bonchev–Trinajstić information content (AvgIpc) is 3.17. The third kappa shape index (κ3) is 2.38. The number of hydrogen-bond donors (Lipinski definition) is 2. The van der Waals surface area contributed by atoms with Gasteiger partial charge in [0.05, 0.1) is 5.56 Å². The van der Waals surface area contributed by atoms with Crippen molar-refractivity contribution in [2.75, 3.05) is 6.54 Å². The van der Waals surface area contributed by atoms with Crippen molar-refractivity contribution in [3.63, 3.8) is 0 Å². The molecule has 2 saturated carbocycles. The van der Waals surface area contributed by atoms with Gasteiger partial charge in [0.1, 0.15) is 0 Å². The van der Waals surface area contributed by atoms with E-state index in [2.05, 4.69) is 5.32 Å². The van der Waals surface area contributed by atoms with Crippen LogP contribution in [0.15, 0.2) is 11.4 Å². The number of carbonyl (C=O) groups is 1. The number of rotatable bonds is 6. The monoisotopic (exact) mass is 250 g/mol. The van der Waals surface area contributed by atoms with Crippen molar-refractivity contribution in [3.05, 3.63) is 21.9 Å². The van der Waals surface area contributed by atoms with Crippen molar-refractivity contribution in [1.82, 2.24) is 5.32 Å². The van der Waals surface area contributed by atoms with Crippen LogP contribution in [0.1, 0.15) is 40.9 Å². The number of thiophene rings is 1. The Morgan fingerprint density at radius 2 is 2.29 bits per heavy atom. The molecule has 0 aliphatic heterocycles. The van der Waals surface area contributed by atoms with E-state index in [4.69, 9.17) is 5.73 Å². The van der Waals surface area contributed by atoms with Gasteiger partial charge in [0.2, 0.25) is 5.91 Å². The van der Waals surface area contributed by atoms with E-state index in [1.54, 1.807) is 11.3 Å². The van der Waals surface area contributed by atoms with Gasteiger partial charge in [-0.2, -0.15) is 0 Å². The van der Waals surface area contributed by atoms with Crippen LogP contribution in [-0.2, 0) is 6.54 Å². The number of hydrogen-bond acceptors (Lipinski definition) is 3. The highest BCUT2D eigenvalue weighted by molar-refractivity contribution is 7.10. The summed E-state index contributed by atoms with van der Waals surface area (Å²) in [5, 5.41) is 5.38. The molecule has 3 nitrogen and oxygen atoms in total. The molecule has 2 aliphatic carbocycles. The molecule has 1 amide bonds. The third-order valence-electron chi connectivity index (χ3n) is 4.05. The summed E-state index contributed by atoms with van der Waals surface area (Å²) in [6, 6.07) is 1.90. The molecular weight excluding hydrogens is 232 g/mol. The van der Waals surface area contributed by atoms with Gasteiger partial charge in [0, 0.05) is 23.3 Å². The molecule has 3 N–H and O–H groups in total. The Bertz CT molecular complexity index is 432. The highest BCUT2D eigenvalue weighted by Gasteiger charge is 2.53. The highest BCUT2D eigenvalue weighted by Crippen LogP contribution is 2.60. The minimum atomic E-state index is -0.329. The molecular formula is C13H18N2OS. The van der Waals surface area contributed by atoms with Crippen molar-refractivity contribution >= 4 is 17.2 Å². The Labute approximate surface area is 105 Å². The number of nitrogens with two attached hydrogens (primary N) is 1. The van der Waals surface area contributed by atoms with Crippen LogP contribution in [0.5, 0.6) is 0 Å². The van der Waals surface area contributed by atoms with Gasteiger partial charge in [-0.15, -0.1) is 11.3 Å². The third-order valence-corrected chi connectivity index (χ3v) is 4.99. The maximum Gasteiger partial charge on any atom is 0.249 e. The normalized spacial score (nSPS) is 21.4. The zero-order valence-corrected chi connectivity index (χ0v) is 10.7. The van der Waals surface area contributed by atoms with Gasteiger partial charge in [-0.25, -0.2) is 0 Å². The van der Waals surface area contributed by atoms with E-state index in [0.29, 0.717) is 11.0 Å². The van der Waals surface area contributed by atoms with Crippen molar-refractivity contribution in [2.24, 2.45) is 17.1 Å². The summed E-state index contributed by atoms with van der Waals surface area (Å²) in [4.78, 5) is 12.2. The minimum absolute atomic E-state index is 0.329. The lowest BCUT2D eigenvalue weighted by molar-refractivity contribution is 0.100. The highest BCUT2D eigenvalue weighted by atomic mass is 32.1. The fourth-order valence-corrected chi connectivity index (χ4v) is 3.47. The SMILES string of the molecule is NC(=O)c1csc(CNCC2(C3CC3)CC2)c1. The molecule has 1 aromatic heterocycles. The second kappa shape index (κ2) is 4.10. The number of nitrogens with one attached hydrogen (secondary N) is 1. The van der Waals surface area contributed by atoms with E-state index >= 15 is 0 Å². The van der Waals surface area contributed by atoms with E-state index < -0.39 is 0 Å². The molecule has 4 heteroatoms. The van der Waals surface area contributed by atoms with Crippen LogP contribution in [-0.4, -0.2) is 12.5 Å². The van der Waals surface area contributed by atoms with Crippen LogP contribution in [0.3, 0.4) is 0 Å². The van der Waals surface area contributed by atoms with Gasteiger partial charge in [-0.05, 0) is 43.1 Å². The van der Waals surface area contributed by atoms with Crippen molar-refractivity contribution in [3.8, 4) is 0 Å². The summed E-state index contributed by atoms with van der Waals surface area (Å²) >= 11 is 1.61. The molecule has 1 aromatic rings. The topological polar surface area (TPSA) is 55.1 Å². The quantitative estimate of drug-likeness (QED) is 0.812. The molecule has 0 aromatic carbocycles. The van der Waals surface area contributed by atoms with Crippen LogP contribution in [0, 0.1) is 11.3 Å². The molecule has 0 spiro atoms. The zero-order chi connectivity index (χ0) is 11.9. The van der Waals surface area contributed by atoms with Crippen molar-refractivity contribution < 1.29 is 4.79 Å².